The fourth-order valence-corrected chi connectivity index (χ4v) is 2.75. The molecule has 0 spiro atoms. The Balaban J connectivity index is 2.27. The molecular weight excluding hydrogens is 196 g/mol. The summed E-state index contributed by atoms with van der Waals surface area (Å²) in [4.78, 5) is 0. The highest BCUT2D eigenvalue weighted by molar-refractivity contribution is 5.06. The Kier molecular flexibility index (Phi) is 4.38. The summed E-state index contributed by atoms with van der Waals surface area (Å²) in [5.74, 6) is 0.741. The molecule has 0 aromatic rings. The summed E-state index contributed by atoms with van der Waals surface area (Å²) in [5.41, 5.74) is 0.308. The van der Waals surface area contributed by atoms with Gasteiger partial charge >= 0.3 is 0 Å². The summed E-state index contributed by atoms with van der Waals surface area (Å²) < 4.78 is 0. The van der Waals surface area contributed by atoms with Gasteiger partial charge in [0, 0.05) is 13.1 Å². The Bertz CT molecular complexity index is 256. The molecule has 0 aliphatic heterocycles. The third-order valence-corrected chi connectivity index (χ3v) is 3.58. The molecule has 1 rings (SSSR count). The second kappa shape index (κ2) is 5.19. The predicted molar refractivity (Wildman–Crippen MR) is 68.0 cm³/mol. The van der Waals surface area contributed by atoms with Crippen LogP contribution in [0.1, 0.15) is 53.4 Å². The van der Waals surface area contributed by atoms with Crippen LogP contribution in [0.2, 0.25) is 0 Å². The minimum absolute atomic E-state index is 0.0338. The summed E-state index contributed by atoms with van der Waals surface area (Å²) in [7, 11) is 0. The van der Waals surface area contributed by atoms with Crippen LogP contribution in [0.25, 0.3) is 0 Å². The molecule has 0 aromatic heterocycles. The van der Waals surface area contributed by atoms with Crippen molar-refractivity contribution in [2.24, 2.45) is 16.7 Å². The maximum absolute atomic E-state index is 9.12. The fourth-order valence-electron chi connectivity index (χ4n) is 2.75. The van der Waals surface area contributed by atoms with Crippen LogP contribution in [0.3, 0.4) is 0 Å². The minimum atomic E-state index is -0.0338. The molecule has 2 heteroatoms. The first-order valence-electron chi connectivity index (χ1n) is 6.51. The molecule has 0 bridgehead atoms. The summed E-state index contributed by atoms with van der Waals surface area (Å²) in [5, 5.41) is 12.6. The topological polar surface area (TPSA) is 35.8 Å². The van der Waals surface area contributed by atoms with Gasteiger partial charge in [-0.05, 0) is 30.6 Å². The van der Waals surface area contributed by atoms with Crippen LogP contribution >= 0.6 is 0 Å². The number of hydrogen-bond acceptors (Lipinski definition) is 2. The van der Waals surface area contributed by atoms with Gasteiger partial charge in [-0.1, -0.05) is 34.1 Å². The Morgan fingerprint density at radius 1 is 1.38 bits per heavy atom. The van der Waals surface area contributed by atoms with E-state index in [0.717, 1.165) is 31.8 Å². The first kappa shape index (κ1) is 13.5. The molecule has 1 aliphatic rings. The lowest BCUT2D eigenvalue weighted by atomic mass is 9.70. The van der Waals surface area contributed by atoms with Gasteiger partial charge in [0.25, 0.3) is 0 Å². The molecule has 2 nitrogen and oxygen atoms in total. The third-order valence-electron chi connectivity index (χ3n) is 3.58. The first-order valence-corrected chi connectivity index (χ1v) is 6.51. The van der Waals surface area contributed by atoms with Crippen molar-refractivity contribution in [1.82, 2.24) is 5.32 Å². The molecule has 0 heterocycles. The van der Waals surface area contributed by atoms with Crippen LogP contribution in [-0.4, -0.2) is 13.1 Å². The molecule has 1 saturated carbocycles. The van der Waals surface area contributed by atoms with Crippen LogP contribution in [0.4, 0.5) is 0 Å². The molecule has 1 aliphatic carbocycles. The molecule has 0 radical (unpaired) electrons. The van der Waals surface area contributed by atoms with E-state index in [0.29, 0.717) is 5.41 Å². The summed E-state index contributed by atoms with van der Waals surface area (Å²) in [6.45, 7) is 11.0. The normalized spacial score (nSPS) is 19.2. The summed E-state index contributed by atoms with van der Waals surface area (Å²) in [6.07, 6.45) is 4.63. The lowest BCUT2D eigenvalue weighted by Gasteiger charge is -2.37. The monoisotopic (exact) mass is 222 g/mol. The molecule has 0 unspecified atom stereocenters. The first-order chi connectivity index (χ1) is 7.39. The van der Waals surface area contributed by atoms with Gasteiger partial charge in [0.1, 0.15) is 0 Å². The van der Waals surface area contributed by atoms with Crippen molar-refractivity contribution in [3.63, 3.8) is 0 Å². The van der Waals surface area contributed by atoms with E-state index in [1.54, 1.807) is 0 Å². The minimum Gasteiger partial charge on any atom is -0.315 e. The van der Waals surface area contributed by atoms with Crippen molar-refractivity contribution in [3.8, 4) is 6.07 Å². The van der Waals surface area contributed by atoms with E-state index >= 15 is 0 Å². The van der Waals surface area contributed by atoms with Crippen molar-refractivity contribution in [1.29, 1.82) is 5.26 Å². The van der Waals surface area contributed by atoms with Gasteiger partial charge in [0.15, 0.2) is 0 Å². The maximum atomic E-state index is 9.12. The Morgan fingerprint density at radius 3 is 2.38 bits per heavy atom. The van der Waals surface area contributed by atoms with Gasteiger partial charge in [-0.15, -0.1) is 0 Å². The highest BCUT2D eigenvalue weighted by atomic mass is 14.9. The van der Waals surface area contributed by atoms with Crippen LogP contribution in [-0.2, 0) is 0 Å². The fraction of sp³-hybridized carbons (Fsp3) is 0.929. The van der Waals surface area contributed by atoms with Gasteiger partial charge < -0.3 is 5.32 Å². The number of nitriles is 1. The Labute approximate surface area is 100 Å². The van der Waals surface area contributed by atoms with Crippen molar-refractivity contribution in [3.05, 3.63) is 0 Å². The average molecular weight is 222 g/mol. The number of hydrogen-bond donors (Lipinski definition) is 1. The Hall–Kier alpha value is -0.550. The van der Waals surface area contributed by atoms with Gasteiger partial charge in [-0.3, -0.25) is 0 Å². The van der Waals surface area contributed by atoms with Crippen molar-refractivity contribution in [2.45, 2.75) is 53.4 Å². The standard InChI is InChI=1S/C14H26N2/c1-12(2)8-13(3,4)10-16-11-14(9-15)6-5-7-14/h12,16H,5-8,10-11H2,1-4H3. The SMILES string of the molecule is CC(C)CC(C)(C)CNCC1(C#N)CCC1. The quantitative estimate of drug-likeness (QED) is 0.748. The summed E-state index contributed by atoms with van der Waals surface area (Å²) in [6, 6.07) is 2.48. The average Bonchev–Trinajstić information content (AvgIpc) is 2.07. The van der Waals surface area contributed by atoms with Crippen LogP contribution < -0.4 is 5.32 Å². The van der Waals surface area contributed by atoms with E-state index in [9.17, 15) is 0 Å². The number of nitrogens with one attached hydrogen (secondary N) is 1. The van der Waals surface area contributed by atoms with Crippen molar-refractivity contribution in [2.75, 3.05) is 13.1 Å². The molecular formula is C14H26N2. The highest BCUT2D eigenvalue weighted by Gasteiger charge is 2.37. The van der Waals surface area contributed by atoms with E-state index in [1.165, 1.54) is 12.8 Å². The molecule has 0 saturated heterocycles. The smallest absolute Gasteiger partial charge is 0.0703 e. The van der Waals surface area contributed by atoms with Gasteiger partial charge in [-0.25, -0.2) is 0 Å². The van der Waals surface area contributed by atoms with Crippen LogP contribution in [0.5, 0.6) is 0 Å². The van der Waals surface area contributed by atoms with Gasteiger partial charge in [0.05, 0.1) is 11.5 Å². The van der Waals surface area contributed by atoms with Crippen molar-refractivity contribution >= 4 is 0 Å². The summed E-state index contributed by atoms with van der Waals surface area (Å²) >= 11 is 0. The van der Waals surface area contributed by atoms with Crippen LogP contribution in [0.15, 0.2) is 0 Å². The third kappa shape index (κ3) is 3.79. The number of nitrogens with zero attached hydrogens (tertiary/aromatic N) is 1. The predicted octanol–water partition coefficient (Wildman–Crippen LogP) is 3.34. The van der Waals surface area contributed by atoms with Gasteiger partial charge in [0.2, 0.25) is 0 Å². The zero-order chi connectivity index (χ0) is 12.2. The van der Waals surface area contributed by atoms with Gasteiger partial charge in [-0.2, -0.15) is 5.26 Å². The largest absolute Gasteiger partial charge is 0.315 e. The molecule has 92 valence electrons. The number of rotatable bonds is 6. The van der Waals surface area contributed by atoms with E-state index in [2.05, 4.69) is 39.1 Å². The Morgan fingerprint density at radius 2 is 2.00 bits per heavy atom. The zero-order valence-electron chi connectivity index (χ0n) is 11.3. The second-order valence-corrected chi connectivity index (χ2v) is 6.61. The van der Waals surface area contributed by atoms with E-state index in [4.69, 9.17) is 5.26 Å². The molecule has 1 N–H and O–H groups in total. The lowest BCUT2D eigenvalue weighted by molar-refractivity contribution is 0.188. The van der Waals surface area contributed by atoms with E-state index < -0.39 is 0 Å². The van der Waals surface area contributed by atoms with E-state index in [1.807, 2.05) is 0 Å². The molecule has 16 heavy (non-hydrogen) atoms. The zero-order valence-corrected chi connectivity index (χ0v) is 11.3. The lowest BCUT2D eigenvalue weighted by Crippen LogP contribution is -2.42. The van der Waals surface area contributed by atoms with E-state index in [-0.39, 0.29) is 5.41 Å². The second-order valence-electron chi connectivity index (χ2n) is 6.61. The molecule has 0 aromatic carbocycles. The van der Waals surface area contributed by atoms with Crippen molar-refractivity contribution < 1.29 is 0 Å². The van der Waals surface area contributed by atoms with Crippen LogP contribution in [0, 0.1) is 28.1 Å². The highest BCUT2D eigenvalue weighted by Crippen LogP contribution is 2.39. The molecule has 1 fully saturated rings. The molecule has 0 atom stereocenters. The maximum Gasteiger partial charge on any atom is 0.0703 e. The molecule has 0 amide bonds.